The maximum atomic E-state index is 11.7. The van der Waals surface area contributed by atoms with E-state index in [1.165, 1.54) is 0 Å². The van der Waals surface area contributed by atoms with Crippen LogP contribution in [-0.4, -0.2) is 35.3 Å². The second-order valence-corrected chi connectivity index (χ2v) is 3.70. The number of rotatable bonds is 4. The van der Waals surface area contributed by atoms with Gasteiger partial charge in [0.25, 0.3) is 5.91 Å². The van der Waals surface area contributed by atoms with Crippen LogP contribution in [0.25, 0.3) is 0 Å². The van der Waals surface area contributed by atoms with Crippen molar-refractivity contribution in [1.82, 2.24) is 20.4 Å². The highest BCUT2D eigenvalue weighted by atomic mass is 35.5. The first kappa shape index (κ1) is 14.9. The monoisotopic (exact) mass is 246 g/mol. The number of likely N-dealkylation sites (N-methyl/N-ethyl adjacent to an activating group) is 1. The molecule has 1 amide bonds. The van der Waals surface area contributed by atoms with Crippen molar-refractivity contribution in [3.63, 3.8) is 0 Å². The average Bonchev–Trinajstić information content (AvgIpc) is 2.53. The number of hydrogen-bond acceptors (Lipinski definition) is 3. The molecule has 6 heteroatoms. The molecule has 0 radical (unpaired) electrons. The molecule has 1 atom stereocenters. The summed E-state index contributed by atoms with van der Waals surface area (Å²) in [6.07, 6.45) is 1.73. The summed E-state index contributed by atoms with van der Waals surface area (Å²) in [6, 6.07) is 0.269. The zero-order valence-corrected chi connectivity index (χ0v) is 10.9. The van der Waals surface area contributed by atoms with Gasteiger partial charge >= 0.3 is 0 Å². The summed E-state index contributed by atoms with van der Waals surface area (Å²) in [5.41, 5.74) is 1.40. The van der Waals surface area contributed by atoms with Crippen LogP contribution in [0, 0.1) is 6.92 Å². The molecule has 0 saturated carbocycles. The lowest BCUT2D eigenvalue weighted by Crippen LogP contribution is -2.37. The van der Waals surface area contributed by atoms with Gasteiger partial charge in [0.1, 0.15) is 0 Å². The molecule has 1 aromatic heterocycles. The lowest BCUT2D eigenvalue weighted by molar-refractivity contribution is 0.0950. The molecule has 0 bridgehead atoms. The number of carbonyl (C=O) groups is 1. The topological polar surface area (TPSA) is 58.9 Å². The van der Waals surface area contributed by atoms with Crippen LogP contribution in [0.3, 0.4) is 0 Å². The fourth-order valence-corrected chi connectivity index (χ4v) is 1.27. The molecule has 1 aromatic rings. The van der Waals surface area contributed by atoms with Crippen molar-refractivity contribution >= 4 is 18.3 Å². The number of hydrogen-bond donors (Lipinski definition) is 2. The highest BCUT2D eigenvalue weighted by Gasteiger charge is 2.12. The number of amides is 1. The summed E-state index contributed by atoms with van der Waals surface area (Å²) in [5, 5.41) is 10.0. The standard InChI is InChI=1S/C10H18N4O.ClH/c1-7(11-3)5-12-10(15)9-6-14(4)13-8(9)2;/h6-7,11H,5H2,1-4H3,(H,12,15);1H. The van der Waals surface area contributed by atoms with Gasteiger partial charge in [-0.15, -0.1) is 12.4 Å². The van der Waals surface area contributed by atoms with Crippen molar-refractivity contribution < 1.29 is 4.79 Å². The number of aromatic nitrogens is 2. The van der Waals surface area contributed by atoms with E-state index in [4.69, 9.17) is 0 Å². The molecule has 1 heterocycles. The Morgan fingerprint density at radius 2 is 2.25 bits per heavy atom. The summed E-state index contributed by atoms with van der Waals surface area (Å²) >= 11 is 0. The molecule has 0 aliphatic carbocycles. The minimum absolute atomic E-state index is 0. The van der Waals surface area contributed by atoms with Crippen LogP contribution >= 0.6 is 12.4 Å². The van der Waals surface area contributed by atoms with Gasteiger partial charge in [0.05, 0.1) is 11.3 Å². The van der Waals surface area contributed by atoms with Gasteiger partial charge in [-0.05, 0) is 20.9 Å². The Balaban J connectivity index is 0.00000225. The van der Waals surface area contributed by atoms with Gasteiger partial charge in [0.2, 0.25) is 0 Å². The molecular weight excluding hydrogens is 228 g/mol. The van der Waals surface area contributed by atoms with E-state index in [0.717, 1.165) is 5.69 Å². The molecule has 0 aliphatic heterocycles. The molecule has 1 unspecified atom stereocenters. The van der Waals surface area contributed by atoms with Gasteiger partial charge in [-0.25, -0.2) is 0 Å². The quantitative estimate of drug-likeness (QED) is 0.813. The van der Waals surface area contributed by atoms with Gasteiger partial charge in [0, 0.05) is 25.8 Å². The number of carbonyl (C=O) groups excluding carboxylic acids is 1. The molecule has 5 nitrogen and oxygen atoms in total. The fraction of sp³-hybridized carbons (Fsp3) is 0.600. The van der Waals surface area contributed by atoms with Crippen LogP contribution in [-0.2, 0) is 7.05 Å². The first-order chi connectivity index (χ1) is 7.04. The van der Waals surface area contributed by atoms with Crippen LogP contribution in [0.1, 0.15) is 23.0 Å². The second-order valence-electron chi connectivity index (χ2n) is 3.70. The number of halogens is 1. The summed E-state index contributed by atoms with van der Waals surface area (Å²) in [5.74, 6) is -0.0669. The van der Waals surface area contributed by atoms with E-state index in [-0.39, 0.29) is 24.4 Å². The van der Waals surface area contributed by atoms with Crippen LogP contribution in [0.15, 0.2) is 6.20 Å². The Labute approximate surface area is 102 Å². The number of nitrogens with zero attached hydrogens (tertiary/aromatic N) is 2. The largest absolute Gasteiger partial charge is 0.350 e. The smallest absolute Gasteiger partial charge is 0.254 e. The van der Waals surface area contributed by atoms with Crippen molar-refractivity contribution in [2.75, 3.05) is 13.6 Å². The summed E-state index contributed by atoms with van der Waals surface area (Å²) in [7, 11) is 3.67. The zero-order chi connectivity index (χ0) is 11.4. The molecule has 16 heavy (non-hydrogen) atoms. The van der Waals surface area contributed by atoms with E-state index >= 15 is 0 Å². The predicted octanol–water partition coefficient (Wildman–Crippen LogP) is 0.488. The Morgan fingerprint density at radius 1 is 1.62 bits per heavy atom. The highest BCUT2D eigenvalue weighted by molar-refractivity contribution is 5.95. The molecule has 0 aromatic carbocycles. The van der Waals surface area contributed by atoms with Crippen LogP contribution in [0.2, 0.25) is 0 Å². The molecule has 0 saturated heterocycles. The normalized spacial score (nSPS) is 11.8. The summed E-state index contributed by atoms with van der Waals surface area (Å²) < 4.78 is 1.64. The van der Waals surface area contributed by atoms with Gasteiger partial charge in [0.15, 0.2) is 0 Å². The van der Waals surface area contributed by atoms with E-state index < -0.39 is 0 Å². The van der Waals surface area contributed by atoms with Crippen molar-refractivity contribution in [2.45, 2.75) is 19.9 Å². The molecule has 1 rings (SSSR count). The average molecular weight is 247 g/mol. The maximum Gasteiger partial charge on any atom is 0.254 e. The second kappa shape index (κ2) is 6.50. The third-order valence-electron chi connectivity index (χ3n) is 2.32. The van der Waals surface area contributed by atoms with Gasteiger partial charge < -0.3 is 10.6 Å². The Hall–Kier alpha value is -1.07. The predicted molar refractivity (Wildman–Crippen MR) is 66.0 cm³/mol. The Morgan fingerprint density at radius 3 is 2.69 bits per heavy atom. The van der Waals surface area contributed by atoms with Crippen LogP contribution in [0.5, 0.6) is 0 Å². The third kappa shape index (κ3) is 3.83. The minimum Gasteiger partial charge on any atom is -0.350 e. The SMILES string of the molecule is CNC(C)CNC(=O)c1cn(C)nc1C.Cl. The molecule has 0 fully saturated rings. The lowest BCUT2D eigenvalue weighted by Gasteiger charge is -2.10. The van der Waals surface area contributed by atoms with Crippen molar-refractivity contribution in [3.8, 4) is 0 Å². The van der Waals surface area contributed by atoms with Crippen LogP contribution in [0.4, 0.5) is 0 Å². The highest BCUT2D eigenvalue weighted by Crippen LogP contribution is 2.03. The summed E-state index contributed by atoms with van der Waals surface area (Å²) in [4.78, 5) is 11.7. The maximum absolute atomic E-state index is 11.7. The lowest BCUT2D eigenvalue weighted by atomic mass is 10.2. The molecule has 0 aliphatic rings. The van der Waals surface area contributed by atoms with E-state index in [9.17, 15) is 4.79 Å². The number of aryl methyl sites for hydroxylation is 2. The molecule has 92 valence electrons. The number of nitrogens with one attached hydrogen (secondary N) is 2. The van der Waals surface area contributed by atoms with Crippen molar-refractivity contribution in [1.29, 1.82) is 0 Å². The Kier molecular flexibility index (Phi) is 6.06. The summed E-state index contributed by atoms with van der Waals surface area (Å²) in [6.45, 7) is 4.45. The van der Waals surface area contributed by atoms with Gasteiger partial charge in [-0.1, -0.05) is 0 Å². The van der Waals surface area contributed by atoms with Crippen molar-refractivity contribution in [2.24, 2.45) is 7.05 Å². The minimum atomic E-state index is -0.0669. The van der Waals surface area contributed by atoms with Crippen molar-refractivity contribution in [3.05, 3.63) is 17.5 Å². The van der Waals surface area contributed by atoms with E-state index in [0.29, 0.717) is 12.1 Å². The molecule has 2 N–H and O–H groups in total. The fourth-order valence-electron chi connectivity index (χ4n) is 1.27. The zero-order valence-electron chi connectivity index (χ0n) is 10.1. The molecule has 0 spiro atoms. The van der Waals surface area contributed by atoms with E-state index in [1.54, 1.807) is 17.9 Å². The molecular formula is C10H19ClN4O. The van der Waals surface area contributed by atoms with E-state index in [1.807, 2.05) is 20.9 Å². The van der Waals surface area contributed by atoms with Crippen LogP contribution < -0.4 is 10.6 Å². The first-order valence-corrected chi connectivity index (χ1v) is 5.00. The first-order valence-electron chi connectivity index (χ1n) is 5.00. The van der Waals surface area contributed by atoms with Gasteiger partial charge in [-0.2, -0.15) is 5.10 Å². The third-order valence-corrected chi connectivity index (χ3v) is 2.32. The Bertz CT molecular complexity index is 351. The van der Waals surface area contributed by atoms with E-state index in [2.05, 4.69) is 15.7 Å². The van der Waals surface area contributed by atoms with Gasteiger partial charge in [-0.3, -0.25) is 9.48 Å².